The highest BCUT2D eigenvalue weighted by molar-refractivity contribution is 5.78. The molecule has 5 heterocycles. The molecule has 180 valence electrons. The first kappa shape index (κ1) is 22.5. The van der Waals surface area contributed by atoms with Gasteiger partial charge in [0.1, 0.15) is 12.1 Å². The van der Waals surface area contributed by atoms with Crippen LogP contribution in [0.4, 0.5) is 13.2 Å². The van der Waals surface area contributed by atoms with Crippen molar-refractivity contribution in [1.82, 2.24) is 34.2 Å². The molecule has 0 amide bonds. The standard InChI is InChI=1S/C22H24F3N7O2/c1-4-19(22(23,24)25)32-10-15(8-28-32)20-18-5-6-26-31(18)12-17(29-20)14-7-27-30(9-14)11-16-13-33-21(2,3)34-16/h5-10,12,16,19H,4,11,13H2,1-3H3/t16-,19?/m1/s1. The summed E-state index contributed by atoms with van der Waals surface area (Å²) in [7, 11) is 0. The smallest absolute Gasteiger partial charge is 0.348 e. The maximum absolute atomic E-state index is 13.4. The molecule has 34 heavy (non-hydrogen) atoms. The Balaban J connectivity index is 1.46. The summed E-state index contributed by atoms with van der Waals surface area (Å²) >= 11 is 0. The van der Waals surface area contributed by atoms with Gasteiger partial charge in [-0.2, -0.15) is 28.5 Å². The van der Waals surface area contributed by atoms with Gasteiger partial charge in [-0.3, -0.25) is 9.36 Å². The van der Waals surface area contributed by atoms with Crippen molar-refractivity contribution >= 4 is 5.52 Å². The van der Waals surface area contributed by atoms with E-state index in [1.165, 1.54) is 19.3 Å². The van der Waals surface area contributed by atoms with Crippen molar-refractivity contribution in [3.8, 4) is 22.5 Å². The number of aromatic nitrogens is 7. The highest BCUT2D eigenvalue weighted by Crippen LogP contribution is 2.34. The number of ether oxygens (including phenoxy) is 2. The van der Waals surface area contributed by atoms with Gasteiger partial charge in [0.25, 0.3) is 0 Å². The quantitative estimate of drug-likeness (QED) is 0.417. The van der Waals surface area contributed by atoms with Crippen molar-refractivity contribution in [2.45, 2.75) is 57.8 Å². The van der Waals surface area contributed by atoms with Crippen LogP contribution in [-0.4, -0.2) is 58.8 Å². The van der Waals surface area contributed by atoms with Crippen LogP contribution in [-0.2, 0) is 16.0 Å². The molecular weight excluding hydrogens is 451 g/mol. The molecule has 2 atom stereocenters. The van der Waals surface area contributed by atoms with Gasteiger partial charge in [0.15, 0.2) is 5.79 Å². The van der Waals surface area contributed by atoms with Crippen LogP contribution >= 0.6 is 0 Å². The Kier molecular flexibility index (Phi) is 5.44. The number of alkyl halides is 3. The predicted molar refractivity (Wildman–Crippen MR) is 116 cm³/mol. The van der Waals surface area contributed by atoms with Gasteiger partial charge < -0.3 is 9.47 Å². The average molecular weight is 475 g/mol. The van der Waals surface area contributed by atoms with Gasteiger partial charge in [-0.1, -0.05) is 6.92 Å². The molecule has 0 saturated carbocycles. The normalized spacial score (nSPS) is 19.2. The molecule has 0 N–H and O–H groups in total. The number of nitrogens with zero attached hydrogens (tertiary/aromatic N) is 7. The first-order chi connectivity index (χ1) is 16.1. The van der Waals surface area contributed by atoms with E-state index in [0.717, 1.165) is 10.2 Å². The molecule has 1 aliphatic heterocycles. The van der Waals surface area contributed by atoms with E-state index < -0.39 is 18.0 Å². The van der Waals surface area contributed by atoms with E-state index >= 15 is 0 Å². The van der Waals surface area contributed by atoms with Crippen LogP contribution in [0.2, 0.25) is 0 Å². The highest BCUT2D eigenvalue weighted by atomic mass is 19.4. The molecule has 12 heteroatoms. The molecule has 5 rings (SSSR count). The number of fused-ring (bicyclic) bond motifs is 1. The lowest BCUT2D eigenvalue weighted by molar-refractivity contribution is -0.170. The van der Waals surface area contributed by atoms with Crippen LogP contribution in [0, 0.1) is 0 Å². The average Bonchev–Trinajstić information content (AvgIpc) is 3.54. The molecule has 0 bridgehead atoms. The van der Waals surface area contributed by atoms with Gasteiger partial charge in [0.05, 0.1) is 54.8 Å². The van der Waals surface area contributed by atoms with Crippen molar-refractivity contribution < 1.29 is 22.6 Å². The Morgan fingerprint density at radius 1 is 1.12 bits per heavy atom. The third-order valence-corrected chi connectivity index (χ3v) is 5.74. The van der Waals surface area contributed by atoms with Gasteiger partial charge in [0.2, 0.25) is 0 Å². The second-order valence-corrected chi connectivity index (χ2v) is 8.71. The second kappa shape index (κ2) is 8.20. The molecule has 9 nitrogen and oxygen atoms in total. The molecule has 4 aromatic rings. The summed E-state index contributed by atoms with van der Waals surface area (Å²) in [6.07, 6.45) is 5.04. The van der Waals surface area contributed by atoms with Crippen LogP contribution < -0.4 is 0 Å². The van der Waals surface area contributed by atoms with E-state index in [9.17, 15) is 13.2 Å². The Hall–Kier alpha value is -3.25. The van der Waals surface area contributed by atoms with Gasteiger partial charge in [-0.25, -0.2) is 9.50 Å². The van der Waals surface area contributed by atoms with Crippen LogP contribution in [0.25, 0.3) is 28.0 Å². The van der Waals surface area contributed by atoms with Crippen molar-refractivity contribution in [2.75, 3.05) is 6.61 Å². The highest BCUT2D eigenvalue weighted by Gasteiger charge is 2.40. The SMILES string of the molecule is CCC(n1cc(-c2nc(-c3cnn(C[C@@H]4COC(C)(C)O4)c3)cn3nccc23)cn1)C(F)(F)F. The third-order valence-electron chi connectivity index (χ3n) is 5.74. The van der Waals surface area contributed by atoms with Gasteiger partial charge in [0, 0.05) is 23.5 Å². The number of rotatable bonds is 6. The van der Waals surface area contributed by atoms with E-state index in [2.05, 4.69) is 15.3 Å². The van der Waals surface area contributed by atoms with Crippen LogP contribution in [0.15, 0.2) is 43.2 Å². The molecule has 1 saturated heterocycles. The Morgan fingerprint density at radius 3 is 2.62 bits per heavy atom. The first-order valence-electron chi connectivity index (χ1n) is 10.9. The fourth-order valence-electron chi connectivity index (χ4n) is 4.14. The van der Waals surface area contributed by atoms with Crippen molar-refractivity contribution in [2.24, 2.45) is 0 Å². The molecule has 1 fully saturated rings. The summed E-state index contributed by atoms with van der Waals surface area (Å²) in [5.41, 5.74) is 2.94. The molecule has 0 aliphatic carbocycles. The van der Waals surface area contributed by atoms with Crippen LogP contribution in [0.1, 0.15) is 33.2 Å². The van der Waals surface area contributed by atoms with Gasteiger partial charge in [-0.05, 0) is 26.3 Å². The van der Waals surface area contributed by atoms with E-state index in [0.29, 0.717) is 35.6 Å². The minimum Gasteiger partial charge on any atom is -0.348 e. The minimum absolute atomic E-state index is 0.119. The molecule has 0 spiro atoms. The number of halogens is 3. The molecule has 0 aromatic carbocycles. The summed E-state index contributed by atoms with van der Waals surface area (Å²) in [4.78, 5) is 4.74. The van der Waals surface area contributed by atoms with Crippen molar-refractivity contribution in [3.05, 3.63) is 43.2 Å². The lowest BCUT2D eigenvalue weighted by atomic mass is 10.2. The monoisotopic (exact) mass is 475 g/mol. The van der Waals surface area contributed by atoms with E-state index in [4.69, 9.17) is 14.5 Å². The number of hydrogen-bond acceptors (Lipinski definition) is 6. The van der Waals surface area contributed by atoms with Gasteiger partial charge >= 0.3 is 6.18 Å². The Bertz CT molecular complexity index is 1310. The van der Waals surface area contributed by atoms with E-state index in [1.807, 2.05) is 20.0 Å². The lowest BCUT2D eigenvalue weighted by Crippen LogP contribution is -2.26. The van der Waals surface area contributed by atoms with Crippen molar-refractivity contribution in [3.63, 3.8) is 0 Å². The molecule has 1 unspecified atom stereocenters. The Labute approximate surface area is 193 Å². The maximum atomic E-state index is 13.4. The zero-order valence-electron chi connectivity index (χ0n) is 18.9. The van der Waals surface area contributed by atoms with Gasteiger partial charge in [-0.15, -0.1) is 0 Å². The number of hydrogen-bond donors (Lipinski definition) is 0. The third kappa shape index (κ3) is 4.30. The fraction of sp³-hybridized carbons (Fsp3) is 0.455. The molecule has 1 aliphatic rings. The largest absolute Gasteiger partial charge is 0.410 e. The van der Waals surface area contributed by atoms with E-state index in [-0.39, 0.29) is 12.5 Å². The van der Waals surface area contributed by atoms with Crippen molar-refractivity contribution in [1.29, 1.82) is 0 Å². The molecule has 4 aromatic heterocycles. The predicted octanol–water partition coefficient (Wildman–Crippen LogP) is 4.12. The summed E-state index contributed by atoms with van der Waals surface area (Å²) in [5.74, 6) is -0.616. The molecular formula is C22H24F3N7O2. The lowest BCUT2D eigenvalue weighted by Gasteiger charge is -2.18. The summed E-state index contributed by atoms with van der Waals surface area (Å²) in [5, 5.41) is 12.7. The maximum Gasteiger partial charge on any atom is 0.410 e. The van der Waals surface area contributed by atoms with Crippen LogP contribution in [0.3, 0.4) is 0 Å². The topological polar surface area (TPSA) is 84.3 Å². The van der Waals surface area contributed by atoms with Crippen LogP contribution in [0.5, 0.6) is 0 Å². The summed E-state index contributed by atoms with van der Waals surface area (Å²) in [6, 6.07) is 0.0583. The second-order valence-electron chi connectivity index (χ2n) is 8.71. The molecule has 0 radical (unpaired) electrons. The fourth-order valence-corrected chi connectivity index (χ4v) is 4.14. The zero-order valence-corrected chi connectivity index (χ0v) is 18.9. The summed E-state index contributed by atoms with van der Waals surface area (Å²) in [6.45, 7) is 6.21. The summed E-state index contributed by atoms with van der Waals surface area (Å²) < 4.78 is 55.9. The minimum atomic E-state index is -4.39. The Morgan fingerprint density at radius 2 is 1.91 bits per heavy atom. The zero-order chi connectivity index (χ0) is 24.1. The first-order valence-corrected chi connectivity index (χ1v) is 10.9. The van der Waals surface area contributed by atoms with E-state index in [1.54, 1.807) is 33.9 Å².